The number of hydrogen-bond donors (Lipinski definition) is 0. The summed E-state index contributed by atoms with van der Waals surface area (Å²) in [5.41, 5.74) is 1.43. The molecule has 0 aliphatic carbocycles. The van der Waals surface area contributed by atoms with Gasteiger partial charge in [-0.1, -0.05) is 61.0 Å². The van der Waals surface area contributed by atoms with Crippen LogP contribution in [0.1, 0.15) is 73.6 Å². The Morgan fingerprint density at radius 3 is 2.31 bits per heavy atom. The summed E-state index contributed by atoms with van der Waals surface area (Å²) in [4.78, 5) is 67.7. The third-order valence-corrected chi connectivity index (χ3v) is 9.21. The van der Waals surface area contributed by atoms with E-state index in [0.717, 1.165) is 5.56 Å². The number of Topliss-reactive ketones (excluding diaryl/α,β-unsaturated/α-hetero) is 1. The predicted octanol–water partition coefficient (Wildman–Crippen LogP) is 7.09. The number of hydrogen-bond acceptors (Lipinski definition) is 10. The van der Waals surface area contributed by atoms with Crippen molar-refractivity contribution in [2.75, 3.05) is 13.7 Å². The van der Waals surface area contributed by atoms with E-state index in [2.05, 4.69) is 6.07 Å². The van der Waals surface area contributed by atoms with Crippen molar-refractivity contribution in [3.05, 3.63) is 123 Å². The summed E-state index contributed by atoms with van der Waals surface area (Å²) >= 11 is 6.19. The van der Waals surface area contributed by atoms with E-state index in [-0.39, 0.29) is 37.3 Å². The molecule has 0 N–H and O–H groups in total. The van der Waals surface area contributed by atoms with E-state index in [4.69, 9.17) is 30.5 Å². The van der Waals surface area contributed by atoms with E-state index >= 15 is 0 Å². The maximum absolute atomic E-state index is 13.6. The first kappa shape index (κ1) is 40.3. The molecule has 1 amide bonds. The largest absolute Gasteiger partial charge is 0.495 e. The minimum atomic E-state index is -1.02. The first-order valence-corrected chi connectivity index (χ1v) is 18.1. The van der Waals surface area contributed by atoms with Crippen LogP contribution >= 0.6 is 11.6 Å². The van der Waals surface area contributed by atoms with E-state index in [0.29, 0.717) is 39.4 Å². The lowest BCUT2D eigenvalue weighted by molar-refractivity contribution is -0.150. The molecule has 4 aromatic rings. The second kappa shape index (κ2) is 17.5. The SMILES string of the molecule is CCC(C(=O)Cc1ccc(C(=O)O[C@@H]2C[C@H](C(=O)OCc3ccccc3)N(C(=O)OC(C)(C)C)C2)cc1)n1cc(OC)c(-c2cc(Cl)ccc2C#N)cc1=O. The van der Waals surface area contributed by atoms with Crippen LogP contribution in [0.3, 0.4) is 0 Å². The van der Waals surface area contributed by atoms with Gasteiger partial charge in [-0.2, -0.15) is 5.26 Å². The van der Waals surface area contributed by atoms with Crippen molar-refractivity contribution in [1.82, 2.24) is 9.47 Å². The molecule has 13 heteroatoms. The van der Waals surface area contributed by atoms with Gasteiger partial charge in [0.05, 0.1) is 43.1 Å². The lowest BCUT2D eigenvalue weighted by atomic mass is 9.98. The molecule has 1 aliphatic rings. The Labute approximate surface area is 324 Å². The second-order valence-corrected chi connectivity index (χ2v) is 14.5. The highest BCUT2D eigenvalue weighted by Gasteiger charge is 2.44. The van der Waals surface area contributed by atoms with Crippen LogP contribution in [0.5, 0.6) is 5.75 Å². The topological polar surface area (TPSA) is 154 Å². The number of pyridine rings is 1. The van der Waals surface area contributed by atoms with Crippen molar-refractivity contribution in [3.63, 3.8) is 0 Å². The number of methoxy groups -OCH3 is 1. The molecule has 55 heavy (non-hydrogen) atoms. The Balaban J connectivity index is 1.26. The molecule has 0 spiro atoms. The molecule has 0 saturated carbocycles. The molecule has 0 radical (unpaired) electrons. The first-order valence-electron chi connectivity index (χ1n) is 17.7. The number of ketones is 1. The molecule has 5 rings (SSSR count). The highest BCUT2D eigenvalue weighted by molar-refractivity contribution is 6.31. The summed E-state index contributed by atoms with van der Waals surface area (Å²) in [6, 6.07) is 21.7. The molecular formula is C42H42ClN3O9. The fraction of sp³-hybridized carbons (Fsp3) is 0.333. The zero-order valence-electron chi connectivity index (χ0n) is 31.2. The van der Waals surface area contributed by atoms with Gasteiger partial charge in [-0.05, 0) is 68.7 Å². The van der Waals surface area contributed by atoms with E-state index in [1.807, 2.05) is 30.3 Å². The molecule has 1 saturated heterocycles. The number of benzene rings is 3. The molecule has 286 valence electrons. The molecule has 1 fully saturated rings. The number of nitrogens with zero attached hydrogens (tertiary/aromatic N) is 3. The molecule has 2 heterocycles. The van der Waals surface area contributed by atoms with Gasteiger partial charge in [-0.3, -0.25) is 14.5 Å². The van der Waals surface area contributed by atoms with Gasteiger partial charge in [0.15, 0.2) is 5.78 Å². The average molecular weight is 768 g/mol. The minimum absolute atomic E-state index is 0.0158. The third-order valence-electron chi connectivity index (χ3n) is 8.98. The van der Waals surface area contributed by atoms with Gasteiger partial charge in [0, 0.05) is 35.1 Å². The summed E-state index contributed by atoms with van der Waals surface area (Å²) < 4.78 is 23.7. The maximum atomic E-state index is 13.6. The van der Waals surface area contributed by atoms with Gasteiger partial charge in [0.25, 0.3) is 5.56 Å². The van der Waals surface area contributed by atoms with Gasteiger partial charge in [-0.25, -0.2) is 14.4 Å². The number of likely N-dealkylation sites (tertiary alicyclic amines) is 1. The van der Waals surface area contributed by atoms with E-state index in [1.165, 1.54) is 41.0 Å². The number of rotatable bonds is 12. The number of ether oxygens (including phenoxy) is 4. The van der Waals surface area contributed by atoms with Gasteiger partial charge < -0.3 is 23.5 Å². The fourth-order valence-electron chi connectivity index (χ4n) is 6.31. The molecular weight excluding hydrogens is 726 g/mol. The Morgan fingerprint density at radius 2 is 1.67 bits per heavy atom. The average Bonchev–Trinajstić information content (AvgIpc) is 3.58. The number of carbonyl (C=O) groups excluding carboxylic acids is 4. The van der Waals surface area contributed by atoms with Crippen molar-refractivity contribution in [3.8, 4) is 22.9 Å². The van der Waals surface area contributed by atoms with Gasteiger partial charge in [0.2, 0.25) is 0 Å². The zero-order chi connectivity index (χ0) is 39.9. The molecule has 0 bridgehead atoms. The van der Waals surface area contributed by atoms with E-state index < -0.39 is 47.4 Å². The molecule has 3 aromatic carbocycles. The number of carbonyl (C=O) groups is 4. The molecule has 3 atom stereocenters. The Bertz CT molecular complexity index is 2150. The quantitative estimate of drug-likeness (QED) is 0.108. The highest BCUT2D eigenvalue weighted by atomic mass is 35.5. The smallest absolute Gasteiger partial charge is 0.411 e. The number of nitriles is 1. The van der Waals surface area contributed by atoms with E-state index in [1.54, 1.807) is 58.0 Å². The van der Waals surface area contributed by atoms with Crippen molar-refractivity contribution in [2.24, 2.45) is 0 Å². The molecule has 1 aromatic heterocycles. The standard InChI is InChI=1S/C42H42ClN3O9/c1-6-34(45-24-37(52-5)33(21-38(45)48)32-19-30(43)17-16-29(32)22-44)36(47)18-26-12-14-28(15-13-26)39(49)54-31-20-35(46(23-31)41(51)55-42(2,3)4)40(50)53-25-27-10-8-7-9-11-27/h7-17,19,21,24,31,34-35H,6,18,20,23,25H2,1-5H3/t31-,34?,35-/m1/s1. The highest BCUT2D eigenvalue weighted by Crippen LogP contribution is 2.34. The van der Waals surface area contributed by atoms with Crippen molar-refractivity contribution >= 4 is 35.4 Å². The molecule has 1 unspecified atom stereocenters. The van der Waals surface area contributed by atoms with Crippen LogP contribution < -0.4 is 10.3 Å². The predicted molar refractivity (Wildman–Crippen MR) is 204 cm³/mol. The third kappa shape index (κ3) is 9.99. The summed E-state index contributed by atoms with van der Waals surface area (Å²) in [5, 5.41) is 10.0. The lowest BCUT2D eigenvalue weighted by Gasteiger charge is -2.27. The van der Waals surface area contributed by atoms with E-state index in [9.17, 15) is 29.2 Å². The van der Waals surface area contributed by atoms with Gasteiger partial charge in [-0.15, -0.1) is 0 Å². The number of esters is 2. The van der Waals surface area contributed by atoms with Gasteiger partial charge >= 0.3 is 18.0 Å². The maximum Gasteiger partial charge on any atom is 0.411 e. The first-order chi connectivity index (χ1) is 26.2. The minimum Gasteiger partial charge on any atom is -0.495 e. The zero-order valence-corrected chi connectivity index (χ0v) is 32.0. The summed E-state index contributed by atoms with van der Waals surface area (Å²) in [6.45, 7) is 6.88. The monoisotopic (exact) mass is 767 g/mol. The van der Waals surface area contributed by atoms with Crippen LogP contribution in [0, 0.1) is 11.3 Å². The van der Waals surface area contributed by atoms with Crippen molar-refractivity contribution < 1.29 is 38.1 Å². The summed E-state index contributed by atoms with van der Waals surface area (Å²) in [6.07, 6.45) is 0.233. The van der Waals surface area contributed by atoms with Crippen LogP contribution in [0.2, 0.25) is 5.02 Å². The summed E-state index contributed by atoms with van der Waals surface area (Å²) in [7, 11) is 1.43. The van der Waals surface area contributed by atoms with Crippen molar-refractivity contribution in [2.45, 2.75) is 77.4 Å². The second-order valence-electron chi connectivity index (χ2n) is 14.1. The Hall–Kier alpha value is -5.93. The van der Waals surface area contributed by atoms with Crippen LogP contribution in [-0.2, 0) is 36.8 Å². The van der Waals surface area contributed by atoms with Crippen LogP contribution in [0.4, 0.5) is 4.79 Å². The van der Waals surface area contributed by atoms with Crippen LogP contribution in [0.15, 0.2) is 89.9 Å². The van der Waals surface area contributed by atoms with Crippen LogP contribution in [-0.4, -0.2) is 64.7 Å². The molecule has 12 nitrogen and oxygen atoms in total. The summed E-state index contributed by atoms with van der Waals surface area (Å²) in [5.74, 6) is -1.26. The van der Waals surface area contributed by atoms with Crippen LogP contribution in [0.25, 0.3) is 11.1 Å². The molecule has 1 aliphatic heterocycles. The Morgan fingerprint density at radius 1 is 0.964 bits per heavy atom. The number of aromatic nitrogens is 1. The van der Waals surface area contributed by atoms with Crippen molar-refractivity contribution in [1.29, 1.82) is 5.26 Å². The normalized spacial score (nSPS) is 15.8. The number of amides is 1. The van der Waals surface area contributed by atoms with Gasteiger partial charge in [0.1, 0.15) is 30.1 Å². The fourth-order valence-corrected chi connectivity index (χ4v) is 6.48. The number of halogens is 1. The Kier molecular flexibility index (Phi) is 12.8. The lowest BCUT2D eigenvalue weighted by Crippen LogP contribution is -2.44.